The van der Waals surface area contributed by atoms with E-state index in [1.165, 1.54) is 26.7 Å². The Labute approximate surface area is 451 Å². The number of benzene rings is 1. The predicted octanol–water partition coefficient (Wildman–Crippen LogP) is 4.28. The second-order valence-electron chi connectivity index (χ2n) is 23.2. The molecule has 0 spiro atoms. The van der Waals surface area contributed by atoms with E-state index < -0.39 is 59.9 Å². The summed E-state index contributed by atoms with van der Waals surface area (Å²) in [4.78, 5) is 141. The Kier molecular flexibility index (Phi) is 17.9. The fourth-order valence-corrected chi connectivity index (χ4v) is 13.7. The molecule has 1 aromatic carbocycles. The van der Waals surface area contributed by atoms with Crippen LogP contribution in [-0.4, -0.2) is 163 Å². The zero-order valence-corrected chi connectivity index (χ0v) is 46.4. The van der Waals surface area contributed by atoms with Gasteiger partial charge in [-0.05, 0) is 112 Å². The van der Waals surface area contributed by atoms with Crippen molar-refractivity contribution in [1.29, 1.82) is 0 Å². The number of nitrogens with zero attached hydrogens (tertiary/aromatic N) is 7. The van der Waals surface area contributed by atoms with E-state index in [0.29, 0.717) is 135 Å². The van der Waals surface area contributed by atoms with Gasteiger partial charge >= 0.3 is 0 Å². The van der Waals surface area contributed by atoms with Crippen LogP contribution < -0.4 is 16.4 Å². The number of fused-ring (bicyclic) bond motifs is 1. The van der Waals surface area contributed by atoms with Crippen LogP contribution in [0.2, 0.25) is 0 Å². The standard InChI is InChI=1S/C56H80N10O9S/c1-32(2)28-39(53(72)62-22-10-16-41(62)48(57)68)58-50(70)43-18-12-24-64(43)55(74)44-19-13-25-65(44)54(73)40(29-33(3)4)59-49(69)42-17-11-23-63(42)52(71)36-20-26-61(27-21-36)56(75)46-47(34(5)6)76-51(60-46)45-30-37-14-8-9-15-38(37)31-66(45)35(7)67/h8-9,14-15,32-34,36,39-45H,10-13,16-31H2,1-7H3,(H2,57,68)(H,58,70)(H,59,69)/t39-,40-,41-,42-,43-,44-,45-/m0/s1. The van der Waals surface area contributed by atoms with Gasteiger partial charge in [-0.25, -0.2) is 4.98 Å². The van der Waals surface area contributed by atoms with Crippen LogP contribution in [0.4, 0.5) is 0 Å². The van der Waals surface area contributed by atoms with Crippen molar-refractivity contribution < 1.29 is 43.2 Å². The third-order valence-corrected chi connectivity index (χ3v) is 17.9. The fourth-order valence-electron chi connectivity index (χ4n) is 12.6. The Bertz CT molecular complexity index is 2540. The van der Waals surface area contributed by atoms with Crippen molar-refractivity contribution in [3.8, 4) is 0 Å². The molecule has 20 heteroatoms. The van der Waals surface area contributed by atoms with Gasteiger partial charge in [0.2, 0.25) is 47.3 Å². The van der Waals surface area contributed by atoms with E-state index in [2.05, 4.69) is 16.7 Å². The van der Waals surface area contributed by atoms with E-state index in [0.717, 1.165) is 15.4 Å². The molecule has 6 aliphatic rings. The van der Waals surface area contributed by atoms with Crippen molar-refractivity contribution in [3.05, 3.63) is 51.0 Å². The third kappa shape index (κ3) is 12.1. The highest BCUT2D eigenvalue weighted by Crippen LogP contribution is 2.39. The smallest absolute Gasteiger partial charge is 0.273 e. The maximum absolute atomic E-state index is 14.6. The molecule has 0 saturated carbocycles. The number of hydrogen-bond acceptors (Lipinski definition) is 11. The number of amides is 9. The first-order valence-electron chi connectivity index (χ1n) is 28.0. The van der Waals surface area contributed by atoms with Crippen LogP contribution in [0, 0.1) is 17.8 Å². The van der Waals surface area contributed by atoms with Gasteiger partial charge in [-0.1, -0.05) is 65.8 Å². The first kappa shape index (κ1) is 56.3. The molecule has 19 nitrogen and oxygen atoms in total. The highest BCUT2D eigenvalue weighted by atomic mass is 32.1. The minimum atomic E-state index is -0.954. The number of thiazole rings is 1. The lowest BCUT2D eigenvalue weighted by Gasteiger charge is -2.36. The van der Waals surface area contributed by atoms with E-state index in [1.54, 1.807) is 21.6 Å². The SMILES string of the molecule is CC(=O)N1Cc2ccccc2C[C@H]1c1nc(C(=O)N2CCC(C(=O)N3CCC[C@H]3C(=O)N[C@@H](CC(C)C)C(=O)N3CCC[C@H]3C(=O)N3CCC[C@H]3C(=O)N[C@@H](CC(C)C)C(=O)N3CCC[C@H]3C(N)=O)CC2)c(C(C)C)s1. The molecule has 5 saturated heterocycles. The molecule has 2 aromatic rings. The molecule has 0 bridgehead atoms. The Morgan fingerprint density at radius 1 is 0.618 bits per heavy atom. The van der Waals surface area contributed by atoms with E-state index in [4.69, 9.17) is 10.7 Å². The Balaban J connectivity index is 0.883. The molecule has 0 radical (unpaired) electrons. The van der Waals surface area contributed by atoms with Crippen molar-refractivity contribution in [2.45, 2.75) is 187 Å². The number of aromatic nitrogens is 1. The van der Waals surface area contributed by atoms with E-state index in [-0.39, 0.29) is 59.2 Å². The predicted molar refractivity (Wildman–Crippen MR) is 285 cm³/mol. The lowest BCUT2D eigenvalue weighted by molar-refractivity contribution is -0.149. The van der Waals surface area contributed by atoms with Gasteiger partial charge in [-0.3, -0.25) is 43.2 Å². The number of carbonyl (C=O) groups is 9. The zero-order valence-electron chi connectivity index (χ0n) is 45.6. The largest absolute Gasteiger partial charge is 0.368 e. The summed E-state index contributed by atoms with van der Waals surface area (Å²) in [6.07, 6.45) is 6.18. The number of hydrogen-bond donors (Lipinski definition) is 3. The normalized spacial score (nSPS) is 23.8. The molecule has 0 unspecified atom stereocenters. The summed E-state index contributed by atoms with van der Waals surface area (Å²) in [5.74, 6) is -3.24. The lowest BCUT2D eigenvalue weighted by Crippen LogP contribution is -2.59. The molecule has 7 heterocycles. The molecule has 6 aliphatic heterocycles. The van der Waals surface area contributed by atoms with Gasteiger partial charge in [0.05, 0.1) is 6.04 Å². The number of nitrogens with two attached hydrogens (primary N) is 1. The average molecular weight is 1070 g/mol. The Morgan fingerprint density at radius 3 is 1.62 bits per heavy atom. The number of piperidine rings is 1. The van der Waals surface area contributed by atoms with Crippen LogP contribution in [-0.2, 0) is 51.3 Å². The van der Waals surface area contributed by atoms with Crippen LogP contribution in [0.3, 0.4) is 0 Å². The van der Waals surface area contributed by atoms with Crippen molar-refractivity contribution in [1.82, 2.24) is 45.0 Å². The molecular formula is C56H80N10O9S. The average Bonchev–Trinajstić information content (AvgIpc) is 4.26. The van der Waals surface area contributed by atoms with Gasteiger partial charge in [-0.15, -0.1) is 11.3 Å². The summed E-state index contributed by atoms with van der Waals surface area (Å²) < 4.78 is 0. The van der Waals surface area contributed by atoms with E-state index in [9.17, 15) is 43.2 Å². The van der Waals surface area contributed by atoms with Crippen LogP contribution >= 0.6 is 11.3 Å². The molecule has 414 valence electrons. The molecule has 5 fully saturated rings. The summed E-state index contributed by atoms with van der Waals surface area (Å²) >= 11 is 1.49. The maximum atomic E-state index is 14.6. The monoisotopic (exact) mass is 1070 g/mol. The number of likely N-dealkylation sites (tertiary alicyclic amines) is 5. The van der Waals surface area contributed by atoms with Crippen LogP contribution in [0.25, 0.3) is 0 Å². The summed E-state index contributed by atoms with van der Waals surface area (Å²) in [6, 6.07) is 2.77. The topological polar surface area (TPSA) is 236 Å². The first-order valence-corrected chi connectivity index (χ1v) is 28.8. The van der Waals surface area contributed by atoms with E-state index >= 15 is 0 Å². The van der Waals surface area contributed by atoms with Crippen LogP contribution in [0.5, 0.6) is 0 Å². The molecular weight excluding hydrogens is 989 g/mol. The molecule has 8 rings (SSSR count). The number of rotatable bonds is 16. The number of primary amides is 1. The second-order valence-corrected chi connectivity index (χ2v) is 24.2. The summed E-state index contributed by atoms with van der Waals surface area (Å²) in [5, 5.41) is 6.70. The molecule has 7 atom stereocenters. The molecule has 9 amide bonds. The van der Waals surface area contributed by atoms with Gasteiger partial charge in [0, 0.05) is 63.5 Å². The number of carbonyl (C=O) groups excluding carboxylic acids is 9. The van der Waals surface area contributed by atoms with Gasteiger partial charge in [-0.2, -0.15) is 0 Å². The zero-order chi connectivity index (χ0) is 54.7. The Morgan fingerprint density at radius 2 is 1.11 bits per heavy atom. The van der Waals surface area contributed by atoms with Crippen LogP contribution in [0.1, 0.15) is 169 Å². The number of nitrogens with one attached hydrogen (secondary N) is 2. The first-order chi connectivity index (χ1) is 36.2. The molecule has 0 aliphatic carbocycles. The maximum Gasteiger partial charge on any atom is 0.273 e. The highest BCUT2D eigenvalue weighted by molar-refractivity contribution is 7.12. The quantitative estimate of drug-likeness (QED) is 0.216. The molecule has 1 aromatic heterocycles. The minimum Gasteiger partial charge on any atom is -0.368 e. The van der Waals surface area contributed by atoms with Crippen LogP contribution in [0.15, 0.2) is 24.3 Å². The summed E-state index contributed by atoms with van der Waals surface area (Å²) in [7, 11) is 0. The van der Waals surface area contributed by atoms with Crippen molar-refractivity contribution in [3.63, 3.8) is 0 Å². The van der Waals surface area contributed by atoms with Crippen molar-refractivity contribution >= 4 is 64.5 Å². The van der Waals surface area contributed by atoms with Gasteiger partial charge in [0.25, 0.3) is 5.91 Å². The summed E-state index contributed by atoms with van der Waals surface area (Å²) in [5.41, 5.74) is 8.30. The van der Waals surface area contributed by atoms with Crippen molar-refractivity contribution in [2.24, 2.45) is 23.5 Å². The van der Waals surface area contributed by atoms with E-state index in [1.807, 2.05) is 64.6 Å². The van der Waals surface area contributed by atoms with Gasteiger partial charge < -0.3 is 45.8 Å². The Hall–Kier alpha value is -5.92. The van der Waals surface area contributed by atoms with Gasteiger partial charge in [0.1, 0.15) is 47.0 Å². The molecule has 76 heavy (non-hydrogen) atoms. The van der Waals surface area contributed by atoms with Gasteiger partial charge in [0.15, 0.2) is 0 Å². The van der Waals surface area contributed by atoms with Crippen molar-refractivity contribution in [2.75, 3.05) is 39.3 Å². The lowest BCUT2D eigenvalue weighted by atomic mass is 9.94. The fraction of sp³-hybridized carbons (Fsp3) is 0.679. The minimum absolute atomic E-state index is 0.000317. The molecule has 4 N–H and O–H groups in total. The third-order valence-electron chi connectivity index (χ3n) is 16.5. The highest BCUT2D eigenvalue weighted by Gasteiger charge is 2.47. The second kappa shape index (κ2) is 24.2. The summed E-state index contributed by atoms with van der Waals surface area (Å²) in [6.45, 7) is 16.0.